The number of benzene rings is 3. The van der Waals surface area contributed by atoms with Crippen LogP contribution < -0.4 is 10.2 Å². The van der Waals surface area contributed by atoms with Gasteiger partial charge in [-0.1, -0.05) is 60.7 Å². The van der Waals surface area contributed by atoms with Crippen LogP contribution in [0, 0.1) is 0 Å². The summed E-state index contributed by atoms with van der Waals surface area (Å²) >= 11 is 0. The van der Waals surface area contributed by atoms with Crippen LogP contribution in [0.2, 0.25) is 0 Å². The maximum atomic E-state index is 13.4. The van der Waals surface area contributed by atoms with Crippen molar-refractivity contribution in [1.29, 1.82) is 0 Å². The van der Waals surface area contributed by atoms with Gasteiger partial charge in [-0.3, -0.25) is 14.5 Å². The number of imide groups is 1. The van der Waals surface area contributed by atoms with Crippen molar-refractivity contribution in [2.24, 2.45) is 0 Å². The minimum absolute atomic E-state index is 0.0184. The van der Waals surface area contributed by atoms with Crippen LogP contribution in [0.4, 0.5) is 10.5 Å². The summed E-state index contributed by atoms with van der Waals surface area (Å²) in [5, 5.41) is 4.72. The Hall–Kier alpha value is -3.67. The molecule has 0 unspecified atom stereocenters. The number of carbonyl (C=O) groups excluding carboxylic acids is 3. The van der Waals surface area contributed by atoms with Crippen molar-refractivity contribution in [2.75, 3.05) is 11.4 Å². The van der Waals surface area contributed by atoms with Crippen molar-refractivity contribution in [1.82, 2.24) is 10.2 Å². The quantitative estimate of drug-likeness (QED) is 0.667. The Labute approximate surface area is 180 Å². The molecule has 156 valence electrons. The molecule has 6 heteroatoms. The van der Waals surface area contributed by atoms with Gasteiger partial charge >= 0.3 is 6.03 Å². The Bertz CT molecular complexity index is 1230. The standard InChI is InChI=1S/C25H23N3O3/c1-16-14-18-9-4-6-13-21(18)28(16)22(29)15-27-23(30)25(2,26-24(27)31)20-12-7-10-17-8-3-5-11-19(17)20/h3-13,16H,14-15H2,1-2H3,(H,26,31)/t16-,25-/m1/s1. The summed E-state index contributed by atoms with van der Waals surface area (Å²) in [6, 6.07) is 20.6. The molecule has 5 rings (SSSR count). The SMILES string of the molecule is C[C@@H]1Cc2ccccc2N1C(=O)CN1C(=O)N[C@](C)(c2cccc3ccccc23)C1=O. The molecule has 2 heterocycles. The number of rotatable bonds is 3. The van der Waals surface area contributed by atoms with Crippen LogP contribution in [-0.2, 0) is 21.5 Å². The van der Waals surface area contributed by atoms with Crippen LogP contribution in [0.25, 0.3) is 10.8 Å². The Morgan fingerprint density at radius 1 is 1.03 bits per heavy atom. The summed E-state index contributed by atoms with van der Waals surface area (Å²) in [7, 11) is 0. The minimum Gasteiger partial charge on any atom is -0.319 e. The van der Waals surface area contributed by atoms with Gasteiger partial charge in [0.15, 0.2) is 0 Å². The van der Waals surface area contributed by atoms with Gasteiger partial charge in [0, 0.05) is 11.7 Å². The van der Waals surface area contributed by atoms with Crippen molar-refractivity contribution < 1.29 is 14.4 Å². The van der Waals surface area contributed by atoms with E-state index in [9.17, 15) is 14.4 Å². The van der Waals surface area contributed by atoms with E-state index in [1.165, 1.54) is 0 Å². The summed E-state index contributed by atoms with van der Waals surface area (Å²) in [6.45, 7) is 3.39. The first kappa shape index (κ1) is 19.3. The van der Waals surface area contributed by atoms with Crippen molar-refractivity contribution >= 4 is 34.3 Å². The lowest BCUT2D eigenvalue weighted by Gasteiger charge is -2.26. The summed E-state index contributed by atoms with van der Waals surface area (Å²) in [5.74, 6) is -0.676. The van der Waals surface area contributed by atoms with Gasteiger partial charge in [-0.05, 0) is 48.2 Å². The van der Waals surface area contributed by atoms with E-state index in [1.54, 1.807) is 11.8 Å². The molecule has 31 heavy (non-hydrogen) atoms. The molecule has 3 aromatic rings. The van der Waals surface area contributed by atoms with Crippen LogP contribution >= 0.6 is 0 Å². The van der Waals surface area contributed by atoms with Crippen molar-refractivity contribution in [2.45, 2.75) is 31.8 Å². The Kier molecular flexibility index (Phi) is 4.32. The highest BCUT2D eigenvalue weighted by molar-refractivity contribution is 6.12. The lowest BCUT2D eigenvalue weighted by atomic mass is 9.88. The van der Waals surface area contributed by atoms with E-state index < -0.39 is 17.5 Å². The first-order chi connectivity index (χ1) is 14.9. The van der Waals surface area contributed by atoms with E-state index in [1.807, 2.05) is 73.7 Å². The van der Waals surface area contributed by atoms with Crippen LogP contribution in [-0.4, -0.2) is 35.3 Å². The van der Waals surface area contributed by atoms with Crippen LogP contribution in [0.1, 0.15) is 25.0 Å². The molecule has 2 aliphatic rings. The topological polar surface area (TPSA) is 69.7 Å². The minimum atomic E-state index is -1.23. The van der Waals surface area contributed by atoms with Crippen LogP contribution in [0.15, 0.2) is 66.7 Å². The molecule has 0 spiro atoms. The fourth-order valence-electron chi connectivity index (χ4n) is 4.84. The monoisotopic (exact) mass is 413 g/mol. The van der Waals surface area contributed by atoms with Gasteiger partial charge in [0.1, 0.15) is 12.1 Å². The summed E-state index contributed by atoms with van der Waals surface area (Å²) < 4.78 is 0. The highest BCUT2D eigenvalue weighted by Crippen LogP contribution is 2.35. The number of nitrogens with one attached hydrogen (secondary N) is 1. The fourth-order valence-corrected chi connectivity index (χ4v) is 4.84. The number of fused-ring (bicyclic) bond motifs is 2. The summed E-state index contributed by atoms with van der Waals surface area (Å²) in [5.41, 5.74) is 1.44. The normalized spacial score (nSPS) is 22.7. The average molecular weight is 413 g/mol. The molecule has 0 bridgehead atoms. The summed E-state index contributed by atoms with van der Waals surface area (Å²) in [4.78, 5) is 42.2. The molecular formula is C25H23N3O3. The van der Waals surface area contributed by atoms with Crippen LogP contribution in [0.5, 0.6) is 0 Å². The molecule has 4 amide bonds. The van der Waals surface area contributed by atoms with Gasteiger partial charge in [-0.25, -0.2) is 4.79 Å². The van der Waals surface area contributed by atoms with Crippen LogP contribution in [0.3, 0.4) is 0 Å². The Balaban J connectivity index is 1.45. The molecule has 1 N–H and O–H groups in total. The number of nitrogens with zero attached hydrogens (tertiary/aromatic N) is 2. The third kappa shape index (κ3) is 2.90. The number of para-hydroxylation sites is 1. The van der Waals surface area contributed by atoms with E-state index in [-0.39, 0.29) is 18.5 Å². The second kappa shape index (κ2) is 6.94. The van der Waals surface area contributed by atoms with E-state index >= 15 is 0 Å². The van der Waals surface area contributed by atoms with Gasteiger partial charge in [0.2, 0.25) is 5.91 Å². The number of hydrogen-bond acceptors (Lipinski definition) is 3. The van der Waals surface area contributed by atoms with Gasteiger partial charge < -0.3 is 10.2 Å². The zero-order chi connectivity index (χ0) is 21.8. The van der Waals surface area contributed by atoms with Gasteiger partial charge in [0.25, 0.3) is 5.91 Å². The van der Waals surface area contributed by atoms with E-state index in [0.717, 1.165) is 38.9 Å². The van der Waals surface area contributed by atoms with E-state index in [4.69, 9.17) is 0 Å². The molecule has 2 aliphatic heterocycles. The molecule has 0 radical (unpaired) electrons. The predicted octanol–water partition coefficient (Wildman–Crippen LogP) is 3.58. The second-order valence-corrected chi connectivity index (χ2v) is 8.42. The van der Waals surface area contributed by atoms with Crippen molar-refractivity contribution in [3.8, 4) is 0 Å². The maximum absolute atomic E-state index is 13.4. The maximum Gasteiger partial charge on any atom is 0.325 e. The smallest absolute Gasteiger partial charge is 0.319 e. The molecule has 6 nitrogen and oxygen atoms in total. The molecule has 1 fully saturated rings. The largest absolute Gasteiger partial charge is 0.325 e. The lowest BCUT2D eigenvalue weighted by Crippen LogP contribution is -2.46. The fraction of sp³-hybridized carbons (Fsp3) is 0.240. The number of carbonyl (C=O) groups is 3. The second-order valence-electron chi connectivity index (χ2n) is 8.42. The highest BCUT2D eigenvalue weighted by Gasteiger charge is 2.50. The number of hydrogen-bond donors (Lipinski definition) is 1. The molecule has 2 atom stereocenters. The molecule has 0 saturated carbocycles. The number of anilines is 1. The van der Waals surface area contributed by atoms with Crippen molar-refractivity contribution in [3.63, 3.8) is 0 Å². The zero-order valence-corrected chi connectivity index (χ0v) is 17.5. The van der Waals surface area contributed by atoms with Crippen molar-refractivity contribution in [3.05, 3.63) is 77.9 Å². The van der Waals surface area contributed by atoms with Gasteiger partial charge in [0.05, 0.1) is 0 Å². The molecule has 3 aromatic carbocycles. The number of amides is 4. The molecule has 0 aromatic heterocycles. The molecule has 1 saturated heterocycles. The zero-order valence-electron chi connectivity index (χ0n) is 17.5. The predicted molar refractivity (Wildman–Crippen MR) is 119 cm³/mol. The Morgan fingerprint density at radius 2 is 1.74 bits per heavy atom. The first-order valence-electron chi connectivity index (χ1n) is 10.4. The van der Waals surface area contributed by atoms with E-state index in [2.05, 4.69) is 5.32 Å². The third-order valence-corrected chi connectivity index (χ3v) is 6.37. The van der Waals surface area contributed by atoms with Gasteiger partial charge in [-0.2, -0.15) is 0 Å². The number of urea groups is 1. The van der Waals surface area contributed by atoms with E-state index in [0.29, 0.717) is 0 Å². The molecule has 0 aliphatic carbocycles. The highest BCUT2D eigenvalue weighted by atomic mass is 16.2. The average Bonchev–Trinajstić information content (AvgIpc) is 3.21. The molecular weight excluding hydrogens is 390 g/mol. The Morgan fingerprint density at radius 3 is 2.58 bits per heavy atom. The lowest BCUT2D eigenvalue weighted by molar-refractivity contribution is -0.134. The summed E-state index contributed by atoms with van der Waals surface area (Å²) in [6.07, 6.45) is 0.760. The van der Waals surface area contributed by atoms with Gasteiger partial charge in [-0.15, -0.1) is 0 Å². The first-order valence-corrected chi connectivity index (χ1v) is 10.4. The third-order valence-electron chi connectivity index (χ3n) is 6.37.